The van der Waals surface area contributed by atoms with Gasteiger partial charge in [-0.15, -0.1) is 24.0 Å². The minimum absolute atomic E-state index is 0. The highest BCUT2D eigenvalue weighted by Gasteiger charge is 2.30. The standard InChI is InChI=1S/C21H34N4O4.HI/c1-21(2,3)29-20(26)25-10-7-17(14-25)24-19(23-13-16-8-12-27-15-16)22-9-6-18-5-4-11-28-18;/h4-5,11,16-17H,6-10,12-15H2,1-3H3,(H2,22,23,24);1H. The molecule has 0 radical (unpaired) electrons. The molecule has 0 bridgehead atoms. The summed E-state index contributed by atoms with van der Waals surface area (Å²) in [6.45, 7) is 10.0. The molecule has 1 aromatic rings. The number of nitrogens with one attached hydrogen (secondary N) is 2. The number of amides is 1. The topological polar surface area (TPSA) is 88.3 Å². The Morgan fingerprint density at radius 1 is 1.37 bits per heavy atom. The third-order valence-electron chi connectivity index (χ3n) is 4.96. The average Bonchev–Trinajstić information content (AvgIpc) is 3.40. The molecule has 2 N–H and O–H groups in total. The average molecular weight is 534 g/mol. The zero-order chi connectivity index (χ0) is 20.7. The Balaban J connectivity index is 0.00000320. The summed E-state index contributed by atoms with van der Waals surface area (Å²) in [6.07, 6.45) is 4.14. The lowest BCUT2D eigenvalue weighted by molar-refractivity contribution is 0.0292. The Kier molecular flexibility index (Phi) is 9.73. The van der Waals surface area contributed by atoms with Gasteiger partial charge in [0.25, 0.3) is 0 Å². The second-order valence-corrected chi connectivity index (χ2v) is 8.73. The van der Waals surface area contributed by atoms with Crippen molar-refractivity contribution in [2.75, 3.05) is 39.4 Å². The SMILES string of the molecule is CC(C)(C)OC(=O)N1CCC(NC(=NCC2CCOC2)NCCc2ccco2)C1.I. The maximum atomic E-state index is 12.3. The quantitative estimate of drug-likeness (QED) is 0.332. The third-order valence-corrected chi connectivity index (χ3v) is 4.96. The van der Waals surface area contributed by atoms with Gasteiger partial charge in [-0.25, -0.2) is 4.79 Å². The van der Waals surface area contributed by atoms with Gasteiger partial charge < -0.3 is 29.4 Å². The van der Waals surface area contributed by atoms with Gasteiger partial charge >= 0.3 is 6.09 Å². The van der Waals surface area contributed by atoms with E-state index in [9.17, 15) is 4.79 Å². The van der Waals surface area contributed by atoms with Crippen molar-refractivity contribution in [2.24, 2.45) is 10.9 Å². The summed E-state index contributed by atoms with van der Waals surface area (Å²) in [5, 5.41) is 6.88. The van der Waals surface area contributed by atoms with Gasteiger partial charge in [-0.1, -0.05) is 0 Å². The lowest BCUT2D eigenvalue weighted by Gasteiger charge is -2.24. The number of carbonyl (C=O) groups excluding carboxylic acids is 1. The maximum absolute atomic E-state index is 12.3. The smallest absolute Gasteiger partial charge is 0.410 e. The minimum atomic E-state index is -0.480. The Morgan fingerprint density at radius 3 is 2.87 bits per heavy atom. The molecule has 8 nitrogen and oxygen atoms in total. The molecule has 2 fully saturated rings. The third kappa shape index (κ3) is 8.33. The molecule has 2 aliphatic rings. The van der Waals surface area contributed by atoms with Crippen LogP contribution in [0, 0.1) is 5.92 Å². The van der Waals surface area contributed by atoms with E-state index >= 15 is 0 Å². The fourth-order valence-electron chi connectivity index (χ4n) is 3.42. The number of rotatable bonds is 6. The number of nitrogens with zero attached hydrogens (tertiary/aromatic N) is 2. The molecule has 170 valence electrons. The molecule has 3 heterocycles. The van der Waals surface area contributed by atoms with Crippen molar-refractivity contribution in [1.82, 2.24) is 15.5 Å². The zero-order valence-electron chi connectivity index (χ0n) is 18.2. The van der Waals surface area contributed by atoms with Gasteiger partial charge in [0.2, 0.25) is 0 Å². The highest BCUT2D eigenvalue weighted by molar-refractivity contribution is 14.0. The van der Waals surface area contributed by atoms with Gasteiger partial charge in [0.1, 0.15) is 11.4 Å². The lowest BCUT2D eigenvalue weighted by atomic mass is 10.1. The minimum Gasteiger partial charge on any atom is -0.469 e. The van der Waals surface area contributed by atoms with Gasteiger partial charge in [0.15, 0.2) is 5.96 Å². The normalized spacial score (nSPS) is 22.0. The van der Waals surface area contributed by atoms with Crippen molar-refractivity contribution in [2.45, 2.75) is 51.7 Å². The predicted octanol–water partition coefficient (Wildman–Crippen LogP) is 3.02. The molecule has 9 heteroatoms. The number of hydrogen-bond donors (Lipinski definition) is 2. The van der Waals surface area contributed by atoms with Crippen molar-refractivity contribution < 1.29 is 18.7 Å². The molecule has 30 heavy (non-hydrogen) atoms. The van der Waals surface area contributed by atoms with Crippen molar-refractivity contribution >= 4 is 36.0 Å². The van der Waals surface area contributed by atoms with Crippen LogP contribution in [0.2, 0.25) is 0 Å². The zero-order valence-corrected chi connectivity index (χ0v) is 20.5. The van der Waals surface area contributed by atoms with Crippen molar-refractivity contribution in [1.29, 1.82) is 0 Å². The van der Waals surface area contributed by atoms with Crippen molar-refractivity contribution in [3.05, 3.63) is 24.2 Å². The summed E-state index contributed by atoms with van der Waals surface area (Å²) in [5.74, 6) is 2.19. The first-order valence-corrected chi connectivity index (χ1v) is 10.5. The molecular weight excluding hydrogens is 499 g/mol. The molecule has 2 atom stereocenters. The van der Waals surface area contributed by atoms with Crippen LogP contribution in [-0.2, 0) is 15.9 Å². The molecular formula is C21H35IN4O4. The van der Waals surface area contributed by atoms with E-state index in [4.69, 9.17) is 18.9 Å². The first-order chi connectivity index (χ1) is 13.9. The van der Waals surface area contributed by atoms with Gasteiger partial charge in [-0.05, 0) is 45.7 Å². The summed E-state index contributed by atoms with van der Waals surface area (Å²) in [4.78, 5) is 18.8. The monoisotopic (exact) mass is 534 g/mol. The first kappa shape index (κ1) is 24.8. The number of furan rings is 1. The van der Waals surface area contributed by atoms with Crippen LogP contribution in [0.25, 0.3) is 0 Å². The van der Waals surface area contributed by atoms with Crippen LogP contribution in [0.4, 0.5) is 4.79 Å². The lowest BCUT2D eigenvalue weighted by Crippen LogP contribution is -2.46. The number of likely N-dealkylation sites (tertiary alicyclic amines) is 1. The van der Waals surface area contributed by atoms with Gasteiger partial charge in [0.05, 0.1) is 12.9 Å². The number of hydrogen-bond acceptors (Lipinski definition) is 5. The van der Waals surface area contributed by atoms with Crippen molar-refractivity contribution in [3.63, 3.8) is 0 Å². The summed E-state index contributed by atoms with van der Waals surface area (Å²) in [5.41, 5.74) is -0.480. The molecule has 0 saturated carbocycles. The van der Waals surface area contributed by atoms with Crippen LogP contribution in [0.5, 0.6) is 0 Å². The number of guanidine groups is 1. The fraction of sp³-hybridized carbons (Fsp3) is 0.714. The Bertz CT molecular complexity index is 669. The molecule has 1 amide bonds. The number of aliphatic imine (C=N–C) groups is 1. The van der Waals surface area contributed by atoms with E-state index in [2.05, 4.69) is 10.6 Å². The van der Waals surface area contributed by atoms with E-state index < -0.39 is 5.60 Å². The van der Waals surface area contributed by atoms with E-state index in [0.29, 0.717) is 19.0 Å². The molecule has 0 aliphatic carbocycles. The molecule has 0 aromatic carbocycles. The van der Waals surface area contributed by atoms with Gasteiger partial charge in [-0.2, -0.15) is 0 Å². The second kappa shape index (κ2) is 11.8. The fourth-order valence-corrected chi connectivity index (χ4v) is 3.42. The van der Waals surface area contributed by atoms with Crippen LogP contribution < -0.4 is 10.6 Å². The highest BCUT2D eigenvalue weighted by Crippen LogP contribution is 2.16. The summed E-state index contributed by atoms with van der Waals surface area (Å²) in [6, 6.07) is 4.02. The molecule has 2 aliphatic heterocycles. The van der Waals surface area contributed by atoms with Crippen molar-refractivity contribution in [3.8, 4) is 0 Å². The number of halogens is 1. The molecule has 3 rings (SSSR count). The number of carbonyl (C=O) groups is 1. The molecule has 2 saturated heterocycles. The summed E-state index contributed by atoms with van der Waals surface area (Å²) < 4.78 is 16.3. The van der Waals surface area contributed by atoms with Crippen LogP contribution in [0.15, 0.2) is 27.8 Å². The maximum Gasteiger partial charge on any atom is 0.410 e. The van der Waals surface area contributed by atoms with Crippen LogP contribution in [0.1, 0.15) is 39.4 Å². The summed E-state index contributed by atoms with van der Waals surface area (Å²) in [7, 11) is 0. The molecule has 0 spiro atoms. The molecule has 1 aromatic heterocycles. The Morgan fingerprint density at radius 2 is 2.20 bits per heavy atom. The highest BCUT2D eigenvalue weighted by atomic mass is 127. The first-order valence-electron chi connectivity index (χ1n) is 10.5. The van der Waals surface area contributed by atoms with E-state index in [-0.39, 0.29) is 36.1 Å². The Hall–Kier alpha value is -1.49. The Labute approximate surface area is 196 Å². The predicted molar refractivity (Wildman–Crippen MR) is 126 cm³/mol. The van der Waals surface area contributed by atoms with E-state index in [0.717, 1.165) is 57.3 Å². The molecule has 2 unspecified atom stereocenters. The van der Waals surface area contributed by atoms with E-state index in [1.54, 1.807) is 11.2 Å². The summed E-state index contributed by atoms with van der Waals surface area (Å²) >= 11 is 0. The van der Waals surface area contributed by atoms with Crippen LogP contribution in [0.3, 0.4) is 0 Å². The van der Waals surface area contributed by atoms with E-state index in [1.807, 2.05) is 32.9 Å². The van der Waals surface area contributed by atoms with Crippen LogP contribution in [-0.4, -0.2) is 68.0 Å². The largest absolute Gasteiger partial charge is 0.469 e. The van der Waals surface area contributed by atoms with Gasteiger partial charge in [-0.3, -0.25) is 4.99 Å². The van der Waals surface area contributed by atoms with E-state index in [1.165, 1.54) is 0 Å². The second-order valence-electron chi connectivity index (χ2n) is 8.73. The van der Waals surface area contributed by atoms with Crippen LogP contribution >= 0.6 is 24.0 Å². The van der Waals surface area contributed by atoms with Gasteiger partial charge in [0, 0.05) is 51.2 Å². The number of ether oxygens (including phenoxy) is 2.